The number of benzene rings is 1. The van der Waals surface area contributed by atoms with Gasteiger partial charge in [-0.15, -0.1) is 0 Å². The van der Waals surface area contributed by atoms with Crippen LogP contribution in [0.25, 0.3) is 0 Å². The van der Waals surface area contributed by atoms with E-state index in [-0.39, 0.29) is 16.8 Å². The molecule has 0 spiro atoms. The van der Waals surface area contributed by atoms with E-state index in [0.717, 1.165) is 30.1 Å². The van der Waals surface area contributed by atoms with E-state index in [1.807, 2.05) is 18.2 Å². The molecule has 0 fully saturated rings. The van der Waals surface area contributed by atoms with Crippen LogP contribution in [-0.2, 0) is 27.2 Å². The van der Waals surface area contributed by atoms with Gasteiger partial charge in [0, 0.05) is 17.9 Å². The number of aliphatic carboxylic acids is 2. The van der Waals surface area contributed by atoms with E-state index in [1.165, 1.54) is 59.3 Å². The van der Waals surface area contributed by atoms with Crippen molar-refractivity contribution in [1.82, 2.24) is 0 Å². The third-order valence-electron chi connectivity index (χ3n) is 5.32. The second-order valence-electron chi connectivity index (χ2n) is 8.51. The van der Waals surface area contributed by atoms with Gasteiger partial charge in [-0.2, -0.15) is 0 Å². The molecule has 12 heteroatoms. The molecular weight excluding hydrogens is 524 g/mol. The Morgan fingerprint density at radius 3 is 2.14 bits per heavy atom. The van der Waals surface area contributed by atoms with E-state index in [0.29, 0.717) is 6.79 Å². The van der Waals surface area contributed by atoms with Gasteiger partial charge >= 0.3 is 11.9 Å². The SMILES string of the molecule is CCCCCCCC[S+]([O-])C(C)Cc1ccc2c(c1)OCO2.NC(CSSCC(N)C(=O)O)C(=O)O. The van der Waals surface area contributed by atoms with Gasteiger partial charge in [-0.05, 0) is 37.5 Å². The number of hydrogen-bond donors (Lipinski definition) is 4. The van der Waals surface area contributed by atoms with Crippen LogP contribution in [0.3, 0.4) is 0 Å². The van der Waals surface area contributed by atoms with Crippen LogP contribution >= 0.6 is 21.6 Å². The molecule has 9 nitrogen and oxygen atoms in total. The van der Waals surface area contributed by atoms with E-state index in [2.05, 4.69) is 13.8 Å². The molecule has 0 bridgehead atoms. The number of carboxylic acid groups (broad SMARTS) is 2. The van der Waals surface area contributed by atoms with E-state index in [9.17, 15) is 14.1 Å². The lowest BCUT2D eigenvalue weighted by Crippen LogP contribution is -2.33. The number of hydrogen-bond acceptors (Lipinski definition) is 9. The lowest BCUT2D eigenvalue weighted by molar-refractivity contribution is -0.138. The minimum Gasteiger partial charge on any atom is -0.616 e. The second-order valence-corrected chi connectivity index (χ2v) is 13.0. The molecule has 4 atom stereocenters. The van der Waals surface area contributed by atoms with Crippen molar-refractivity contribution in [1.29, 1.82) is 0 Å². The predicted molar refractivity (Wildman–Crippen MR) is 148 cm³/mol. The molecule has 0 saturated heterocycles. The van der Waals surface area contributed by atoms with Crippen LogP contribution in [0.5, 0.6) is 11.5 Å². The summed E-state index contributed by atoms with van der Waals surface area (Å²) in [5.41, 5.74) is 11.6. The standard InChI is InChI=1S/C18H28O3S.C6H12N2O4S2/c1-3-4-5-6-7-8-11-22(19)15(2)12-16-9-10-17-18(13-16)21-14-20-17;7-3(5(9)10)1-13-14-2-4(8)6(11)12/h9-10,13,15H,3-8,11-12,14H2,1-2H3;3-4H,1-2,7-8H2,(H,9,10)(H,11,12). The van der Waals surface area contributed by atoms with Crippen LogP contribution in [-0.4, -0.2) is 68.1 Å². The molecule has 0 aliphatic carbocycles. The van der Waals surface area contributed by atoms with Gasteiger partial charge in [-0.25, -0.2) is 0 Å². The number of nitrogens with two attached hydrogens (primary N) is 2. The van der Waals surface area contributed by atoms with Crippen molar-refractivity contribution in [3.05, 3.63) is 23.8 Å². The number of rotatable bonds is 17. The van der Waals surface area contributed by atoms with Gasteiger partial charge in [0.25, 0.3) is 0 Å². The van der Waals surface area contributed by atoms with Crippen molar-refractivity contribution >= 4 is 44.7 Å². The average Bonchev–Trinajstić information content (AvgIpc) is 3.31. The summed E-state index contributed by atoms with van der Waals surface area (Å²) in [6, 6.07) is 4.16. The van der Waals surface area contributed by atoms with Crippen molar-refractivity contribution in [2.45, 2.75) is 76.1 Å². The fourth-order valence-corrected chi connectivity index (χ4v) is 6.60. The van der Waals surface area contributed by atoms with Gasteiger partial charge < -0.3 is 35.7 Å². The van der Waals surface area contributed by atoms with E-state index >= 15 is 0 Å². The molecule has 1 aliphatic heterocycles. The van der Waals surface area contributed by atoms with Crippen LogP contribution in [0.2, 0.25) is 0 Å². The molecule has 206 valence electrons. The molecule has 1 aromatic rings. The highest BCUT2D eigenvalue weighted by atomic mass is 33.1. The summed E-state index contributed by atoms with van der Waals surface area (Å²) in [4.78, 5) is 20.5. The molecule has 0 amide bonds. The maximum atomic E-state index is 12.3. The first kappa shape index (κ1) is 32.7. The second kappa shape index (κ2) is 18.9. The predicted octanol–water partition coefficient (Wildman–Crippen LogP) is 3.65. The summed E-state index contributed by atoms with van der Waals surface area (Å²) in [5.74, 6) is 0.772. The minimum absolute atomic E-state index is 0.191. The quantitative estimate of drug-likeness (QED) is 0.124. The zero-order valence-electron chi connectivity index (χ0n) is 21.1. The first-order valence-electron chi connectivity index (χ1n) is 12.1. The zero-order valence-corrected chi connectivity index (χ0v) is 23.5. The van der Waals surface area contributed by atoms with E-state index in [1.54, 1.807) is 0 Å². The summed E-state index contributed by atoms with van der Waals surface area (Å²) < 4.78 is 23.0. The Bertz CT molecular complexity index is 766. The molecule has 4 unspecified atom stereocenters. The van der Waals surface area contributed by atoms with Crippen LogP contribution in [0.15, 0.2) is 18.2 Å². The average molecular weight is 565 g/mol. The summed E-state index contributed by atoms with van der Waals surface area (Å²) in [6.07, 6.45) is 8.32. The first-order valence-corrected chi connectivity index (χ1v) is 16.0. The van der Waals surface area contributed by atoms with E-state index < -0.39 is 35.2 Å². The van der Waals surface area contributed by atoms with Gasteiger partial charge in [0.1, 0.15) is 23.1 Å². The van der Waals surface area contributed by atoms with Gasteiger partial charge in [0.15, 0.2) is 11.5 Å². The Balaban J connectivity index is 0.000000402. The molecule has 36 heavy (non-hydrogen) atoms. The maximum absolute atomic E-state index is 12.3. The molecule has 0 saturated carbocycles. The van der Waals surface area contributed by atoms with Gasteiger partial charge in [0.2, 0.25) is 6.79 Å². The van der Waals surface area contributed by atoms with Crippen LogP contribution in [0.4, 0.5) is 0 Å². The summed E-state index contributed by atoms with van der Waals surface area (Å²) in [5, 5.41) is 17.0. The van der Waals surface area contributed by atoms with Crippen LogP contribution in [0, 0.1) is 0 Å². The number of unbranched alkanes of at least 4 members (excludes halogenated alkanes) is 5. The third kappa shape index (κ3) is 13.8. The monoisotopic (exact) mass is 564 g/mol. The Morgan fingerprint density at radius 2 is 1.56 bits per heavy atom. The Kier molecular flexibility index (Phi) is 17.1. The Labute approximate surface area is 225 Å². The minimum atomic E-state index is -1.07. The van der Waals surface area contributed by atoms with Crippen LogP contribution in [0.1, 0.15) is 57.9 Å². The molecule has 1 aromatic carbocycles. The van der Waals surface area contributed by atoms with Gasteiger partial charge in [-0.3, -0.25) is 9.59 Å². The van der Waals surface area contributed by atoms with Gasteiger partial charge in [-0.1, -0.05) is 71.4 Å². The van der Waals surface area contributed by atoms with Crippen molar-refractivity contribution in [3.63, 3.8) is 0 Å². The highest BCUT2D eigenvalue weighted by Crippen LogP contribution is 2.33. The largest absolute Gasteiger partial charge is 0.616 e. The fourth-order valence-electron chi connectivity index (χ4n) is 3.10. The van der Waals surface area contributed by atoms with Crippen molar-refractivity contribution < 1.29 is 33.8 Å². The molecule has 2 rings (SSSR count). The molecule has 1 aliphatic rings. The summed E-state index contributed by atoms with van der Waals surface area (Å²) >= 11 is -0.743. The van der Waals surface area contributed by atoms with Crippen molar-refractivity contribution in [2.24, 2.45) is 11.5 Å². The Hall–Kier alpha value is -1.31. The summed E-state index contributed by atoms with van der Waals surface area (Å²) in [7, 11) is 2.41. The van der Waals surface area contributed by atoms with Crippen molar-refractivity contribution in [3.8, 4) is 11.5 Å². The lowest BCUT2D eigenvalue weighted by Gasteiger charge is -2.18. The Morgan fingerprint density at radius 1 is 1.00 bits per heavy atom. The third-order valence-corrected chi connectivity index (χ3v) is 9.55. The van der Waals surface area contributed by atoms with E-state index in [4.69, 9.17) is 31.2 Å². The number of ether oxygens (including phenoxy) is 2. The smallest absolute Gasteiger partial charge is 0.321 e. The van der Waals surface area contributed by atoms with Gasteiger partial charge in [0.05, 0.1) is 0 Å². The molecule has 0 radical (unpaired) electrons. The first-order chi connectivity index (χ1) is 17.1. The molecule has 1 heterocycles. The molecular formula is C24H40N2O7S3. The maximum Gasteiger partial charge on any atom is 0.321 e. The van der Waals surface area contributed by atoms with Crippen molar-refractivity contribution in [2.75, 3.05) is 24.1 Å². The molecule has 6 N–H and O–H groups in total. The molecule has 0 aromatic heterocycles. The van der Waals surface area contributed by atoms with Crippen LogP contribution < -0.4 is 20.9 Å². The number of carbonyl (C=O) groups is 2. The zero-order chi connectivity index (χ0) is 26.9. The lowest BCUT2D eigenvalue weighted by atomic mass is 10.1. The summed E-state index contributed by atoms with van der Waals surface area (Å²) in [6.45, 7) is 4.61. The normalized spacial score (nSPS) is 15.4. The fraction of sp³-hybridized carbons (Fsp3) is 0.667. The topological polar surface area (TPSA) is 168 Å². The number of fused-ring (bicyclic) bond motifs is 1. The highest BCUT2D eigenvalue weighted by Gasteiger charge is 2.20. The number of carboxylic acids is 2. The highest BCUT2D eigenvalue weighted by molar-refractivity contribution is 8.76.